The molecular weight excluding hydrogens is 362 g/mol. The first-order chi connectivity index (χ1) is 8.56. The van der Waals surface area contributed by atoms with Gasteiger partial charge in [0.25, 0.3) is 5.91 Å². The van der Waals surface area contributed by atoms with Crippen LogP contribution in [0.1, 0.15) is 16.1 Å². The monoisotopic (exact) mass is 369 g/mol. The first kappa shape index (κ1) is 13.2. The first-order valence-corrected chi connectivity index (χ1v) is 6.70. The lowest BCUT2D eigenvalue weighted by Crippen LogP contribution is -2.13. The van der Waals surface area contributed by atoms with E-state index >= 15 is 0 Å². The molecule has 0 aliphatic carbocycles. The van der Waals surface area contributed by atoms with Crippen LogP contribution in [-0.4, -0.2) is 15.9 Å². The molecule has 0 atom stereocenters. The molecule has 0 spiro atoms. The second kappa shape index (κ2) is 5.58. The molecule has 92 valence electrons. The average Bonchev–Trinajstić information content (AvgIpc) is 2.34. The maximum absolute atomic E-state index is 11.9. The summed E-state index contributed by atoms with van der Waals surface area (Å²) < 4.78 is 1.60. The first-order valence-electron chi connectivity index (χ1n) is 5.11. The van der Waals surface area contributed by atoms with Crippen molar-refractivity contribution in [3.05, 3.63) is 50.9 Å². The van der Waals surface area contributed by atoms with E-state index in [4.69, 9.17) is 0 Å². The lowest BCUT2D eigenvalue weighted by molar-refractivity contribution is 0.102. The maximum atomic E-state index is 11.9. The molecule has 0 fully saturated rings. The molecule has 1 amide bonds. The summed E-state index contributed by atoms with van der Waals surface area (Å²) in [5.74, 6) is -0.258. The van der Waals surface area contributed by atoms with E-state index in [1.807, 2.05) is 13.0 Å². The number of anilines is 1. The second-order valence-corrected chi connectivity index (χ2v) is 5.31. The van der Waals surface area contributed by atoms with Gasteiger partial charge in [-0.15, -0.1) is 0 Å². The van der Waals surface area contributed by atoms with E-state index in [9.17, 15) is 4.79 Å². The van der Waals surface area contributed by atoms with Gasteiger partial charge < -0.3 is 5.32 Å². The third-order valence-corrected chi connectivity index (χ3v) is 3.53. The molecule has 0 aromatic carbocycles. The number of halogens is 2. The van der Waals surface area contributed by atoms with Gasteiger partial charge in [-0.1, -0.05) is 0 Å². The van der Waals surface area contributed by atoms with E-state index in [0.29, 0.717) is 11.4 Å². The van der Waals surface area contributed by atoms with E-state index in [1.54, 1.807) is 24.5 Å². The molecule has 4 nitrogen and oxygen atoms in total. The summed E-state index contributed by atoms with van der Waals surface area (Å²) in [4.78, 5) is 20.0. The summed E-state index contributed by atoms with van der Waals surface area (Å²) in [7, 11) is 0. The van der Waals surface area contributed by atoms with Crippen molar-refractivity contribution in [3.63, 3.8) is 0 Å². The number of hydrogen-bond acceptors (Lipinski definition) is 3. The quantitative estimate of drug-likeness (QED) is 0.822. The van der Waals surface area contributed by atoms with Crippen molar-refractivity contribution in [2.45, 2.75) is 6.92 Å². The Morgan fingerprint density at radius 2 is 2.00 bits per heavy atom. The molecule has 0 aliphatic heterocycles. The molecule has 2 aromatic rings. The van der Waals surface area contributed by atoms with Crippen molar-refractivity contribution in [1.29, 1.82) is 0 Å². The van der Waals surface area contributed by atoms with Gasteiger partial charge in [0.05, 0.1) is 11.9 Å². The Morgan fingerprint density at radius 3 is 2.61 bits per heavy atom. The molecule has 0 aliphatic rings. The summed E-state index contributed by atoms with van der Waals surface area (Å²) in [5, 5.41) is 2.75. The van der Waals surface area contributed by atoms with Crippen LogP contribution in [0.25, 0.3) is 0 Å². The lowest BCUT2D eigenvalue weighted by atomic mass is 10.3. The molecule has 0 radical (unpaired) electrons. The van der Waals surface area contributed by atoms with Crippen LogP contribution >= 0.6 is 31.9 Å². The highest BCUT2D eigenvalue weighted by atomic mass is 79.9. The van der Waals surface area contributed by atoms with Gasteiger partial charge in [-0.25, -0.2) is 9.97 Å². The maximum Gasteiger partial charge on any atom is 0.274 e. The zero-order chi connectivity index (χ0) is 13.1. The van der Waals surface area contributed by atoms with Crippen molar-refractivity contribution >= 4 is 43.5 Å². The van der Waals surface area contributed by atoms with Crippen LogP contribution < -0.4 is 5.32 Å². The van der Waals surface area contributed by atoms with Crippen molar-refractivity contribution in [3.8, 4) is 0 Å². The summed E-state index contributed by atoms with van der Waals surface area (Å²) in [6, 6.07) is 5.26. The predicted octanol–water partition coefficient (Wildman–Crippen LogP) is 3.56. The van der Waals surface area contributed by atoms with Gasteiger partial charge in [-0.3, -0.25) is 4.79 Å². The molecule has 0 unspecified atom stereocenters. The normalized spacial score (nSPS) is 10.2. The number of nitrogens with one attached hydrogen (secondary N) is 1. The minimum absolute atomic E-state index is 0.258. The Balaban J connectivity index is 2.16. The molecule has 2 aromatic heterocycles. The number of rotatable bonds is 2. The molecule has 6 heteroatoms. The van der Waals surface area contributed by atoms with Crippen molar-refractivity contribution in [1.82, 2.24) is 9.97 Å². The Morgan fingerprint density at radius 1 is 1.22 bits per heavy atom. The summed E-state index contributed by atoms with van der Waals surface area (Å²) in [5.41, 5.74) is 1.96. The number of carbonyl (C=O) groups excluding carboxylic acids is 1. The molecule has 0 bridgehead atoms. The fourth-order valence-electron chi connectivity index (χ4n) is 1.33. The van der Waals surface area contributed by atoms with E-state index in [0.717, 1.165) is 14.6 Å². The number of amides is 1. The Bertz CT molecular complexity index is 584. The summed E-state index contributed by atoms with van der Waals surface area (Å²) in [6.45, 7) is 1.91. The molecule has 2 rings (SSSR count). The van der Waals surface area contributed by atoms with E-state index in [2.05, 4.69) is 47.1 Å². The van der Waals surface area contributed by atoms with Gasteiger partial charge in [0.15, 0.2) is 0 Å². The SMILES string of the molecule is Cc1cc(NC(=O)c2ccc(Br)cn2)cnc1Br. The summed E-state index contributed by atoms with van der Waals surface area (Å²) >= 11 is 6.58. The van der Waals surface area contributed by atoms with Gasteiger partial charge in [-0.05, 0) is 62.5 Å². The number of carbonyl (C=O) groups is 1. The molecule has 0 saturated heterocycles. The van der Waals surface area contributed by atoms with Crippen molar-refractivity contribution in [2.75, 3.05) is 5.32 Å². The minimum atomic E-state index is -0.258. The molecule has 1 N–H and O–H groups in total. The van der Waals surface area contributed by atoms with Crippen LogP contribution in [0.5, 0.6) is 0 Å². The molecule has 18 heavy (non-hydrogen) atoms. The average molecular weight is 371 g/mol. The Hall–Kier alpha value is -1.27. The van der Waals surface area contributed by atoms with Gasteiger partial charge in [0.1, 0.15) is 10.3 Å². The number of pyridine rings is 2. The van der Waals surface area contributed by atoms with Crippen LogP contribution in [0.3, 0.4) is 0 Å². The number of nitrogens with zero attached hydrogens (tertiary/aromatic N) is 2. The standard InChI is InChI=1S/C12H9Br2N3O/c1-7-4-9(6-16-11(7)14)17-12(18)10-3-2-8(13)5-15-10/h2-6H,1H3,(H,17,18). The van der Waals surface area contributed by atoms with Gasteiger partial charge in [0.2, 0.25) is 0 Å². The zero-order valence-corrected chi connectivity index (χ0v) is 12.6. The second-order valence-electron chi connectivity index (χ2n) is 3.65. The van der Waals surface area contributed by atoms with E-state index in [-0.39, 0.29) is 5.91 Å². The van der Waals surface area contributed by atoms with E-state index < -0.39 is 0 Å². The highest BCUT2D eigenvalue weighted by Gasteiger charge is 2.08. The Labute approximate surface area is 121 Å². The van der Waals surface area contributed by atoms with E-state index in [1.165, 1.54) is 0 Å². The van der Waals surface area contributed by atoms with Gasteiger partial charge >= 0.3 is 0 Å². The topological polar surface area (TPSA) is 54.9 Å². The minimum Gasteiger partial charge on any atom is -0.319 e. The van der Waals surface area contributed by atoms with Crippen LogP contribution in [0, 0.1) is 6.92 Å². The van der Waals surface area contributed by atoms with Crippen LogP contribution in [-0.2, 0) is 0 Å². The summed E-state index contributed by atoms with van der Waals surface area (Å²) in [6.07, 6.45) is 3.17. The molecule has 2 heterocycles. The van der Waals surface area contributed by atoms with Crippen molar-refractivity contribution < 1.29 is 4.79 Å². The Kier molecular flexibility index (Phi) is 4.08. The largest absolute Gasteiger partial charge is 0.319 e. The van der Waals surface area contributed by atoms with Gasteiger partial charge in [0, 0.05) is 10.7 Å². The lowest BCUT2D eigenvalue weighted by Gasteiger charge is -2.06. The smallest absolute Gasteiger partial charge is 0.274 e. The van der Waals surface area contributed by atoms with Gasteiger partial charge in [-0.2, -0.15) is 0 Å². The highest BCUT2D eigenvalue weighted by molar-refractivity contribution is 9.10. The fraction of sp³-hybridized carbons (Fsp3) is 0.0833. The number of aromatic nitrogens is 2. The van der Waals surface area contributed by atoms with Crippen molar-refractivity contribution in [2.24, 2.45) is 0 Å². The third-order valence-electron chi connectivity index (χ3n) is 2.23. The zero-order valence-electron chi connectivity index (χ0n) is 9.45. The number of aryl methyl sites for hydroxylation is 1. The van der Waals surface area contributed by atoms with Crippen LogP contribution in [0.4, 0.5) is 5.69 Å². The molecular formula is C12H9Br2N3O. The van der Waals surface area contributed by atoms with Crippen LogP contribution in [0.15, 0.2) is 39.7 Å². The highest BCUT2D eigenvalue weighted by Crippen LogP contribution is 2.17. The fourth-order valence-corrected chi connectivity index (χ4v) is 1.78. The number of hydrogen-bond donors (Lipinski definition) is 1. The predicted molar refractivity (Wildman–Crippen MR) is 76.6 cm³/mol. The third kappa shape index (κ3) is 3.14. The van der Waals surface area contributed by atoms with Crippen LogP contribution in [0.2, 0.25) is 0 Å². The molecule has 0 saturated carbocycles.